The van der Waals surface area contributed by atoms with Crippen LogP contribution in [0.2, 0.25) is 5.02 Å². The van der Waals surface area contributed by atoms with Crippen molar-refractivity contribution in [2.75, 3.05) is 19.0 Å². The lowest BCUT2D eigenvalue weighted by atomic mass is 10.0. The van der Waals surface area contributed by atoms with Crippen LogP contribution in [0.5, 0.6) is 0 Å². The Bertz CT molecular complexity index is 625. The molecule has 3 nitrogen and oxygen atoms in total. The maximum absolute atomic E-state index is 6.31. The van der Waals surface area contributed by atoms with Gasteiger partial charge < -0.3 is 10.1 Å². The van der Waals surface area contributed by atoms with Crippen LogP contribution in [-0.4, -0.2) is 18.6 Å². The molecule has 0 saturated carbocycles. The van der Waals surface area contributed by atoms with Gasteiger partial charge in [-0.25, -0.2) is 0 Å². The van der Waals surface area contributed by atoms with E-state index in [1.54, 1.807) is 0 Å². The largest absolute Gasteiger partial charge is 0.387 e. The quantitative estimate of drug-likeness (QED) is 0.856. The number of anilines is 1. The highest BCUT2D eigenvalue weighted by atomic mass is 35.5. The molecule has 1 aromatic heterocycles. The summed E-state index contributed by atoms with van der Waals surface area (Å²) in [5, 5.41) is 5.07. The molecule has 0 fully saturated rings. The van der Waals surface area contributed by atoms with Crippen LogP contribution in [0, 0.1) is 6.92 Å². The molecule has 0 aliphatic carbocycles. The van der Waals surface area contributed by atoms with Crippen molar-refractivity contribution >= 4 is 28.2 Å². The first-order chi connectivity index (χ1) is 8.70. The standard InChI is InChI=1S/C14H15ClN2O/c1-8-5-9-13(16-2)10-7-18-4-3-12(10)17-14(9)11(15)6-8/h5-6H,3-4,7H2,1-2H3,(H,16,17). The van der Waals surface area contributed by atoms with Gasteiger partial charge in [0.2, 0.25) is 0 Å². The van der Waals surface area contributed by atoms with Gasteiger partial charge in [0.05, 0.1) is 35.1 Å². The van der Waals surface area contributed by atoms with Gasteiger partial charge in [-0.1, -0.05) is 11.6 Å². The fourth-order valence-corrected chi connectivity index (χ4v) is 2.86. The summed E-state index contributed by atoms with van der Waals surface area (Å²) in [4.78, 5) is 4.71. The van der Waals surface area contributed by atoms with Gasteiger partial charge in [0.25, 0.3) is 0 Å². The predicted octanol–water partition coefficient (Wildman–Crippen LogP) is 3.31. The molecule has 0 bridgehead atoms. The van der Waals surface area contributed by atoms with E-state index in [0.29, 0.717) is 6.61 Å². The Kier molecular flexibility index (Phi) is 2.88. The van der Waals surface area contributed by atoms with Crippen molar-refractivity contribution in [1.29, 1.82) is 0 Å². The van der Waals surface area contributed by atoms with Gasteiger partial charge in [-0.3, -0.25) is 4.98 Å². The molecule has 0 amide bonds. The molecule has 1 aliphatic rings. The van der Waals surface area contributed by atoms with E-state index in [2.05, 4.69) is 11.4 Å². The zero-order valence-corrected chi connectivity index (χ0v) is 11.3. The van der Waals surface area contributed by atoms with E-state index in [-0.39, 0.29) is 0 Å². The molecule has 2 aromatic rings. The second kappa shape index (κ2) is 4.41. The van der Waals surface area contributed by atoms with E-state index < -0.39 is 0 Å². The van der Waals surface area contributed by atoms with Crippen molar-refractivity contribution < 1.29 is 4.74 Å². The van der Waals surface area contributed by atoms with Crippen LogP contribution in [0.4, 0.5) is 5.69 Å². The highest BCUT2D eigenvalue weighted by Crippen LogP contribution is 2.35. The first-order valence-corrected chi connectivity index (χ1v) is 6.45. The average Bonchev–Trinajstić information content (AvgIpc) is 2.36. The Labute approximate surface area is 111 Å². The van der Waals surface area contributed by atoms with E-state index in [1.165, 1.54) is 0 Å². The number of hydrogen-bond donors (Lipinski definition) is 1. The Morgan fingerprint density at radius 3 is 3.00 bits per heavy atom. The summed E-state index contributed by atoms with van der Waals surface area (Å²) in [6.07, 6.45) is 0.851. The summed E-state index contributed by atoms with van der Waals surface area (Å²) in [6.45, 7) is 3.40. The number of halogens is 1. The van der Waals surface area contributed by atoms with Gasteiger partial charge in [0.15, 0.2) is 0 Å². The van der Waals surface area contributed by atoms with E-state index in [0.717, 1.165) is 51.5 Å². The van der Waals surface area contributed by atoms with Crippen LogP contribution in [0.25, 0.3) is 10.9 Å². The van der Waals surface area contributed by atoms with Gasteiger partial charge in [0, 0.05) is 24.4 Å². The number of pyridine rings is 1. The molecule has 0 spiro atoms. The van der Waals surface area contributed by atoms with Crippen molar-refractivity contribution in [1.82, 2.24) is 4.98 Å². The zero-order valence-electron chi connectivity index (χ0n) is 10.5. The lowest BCUT2D eigenvalue weighted by Crippen LogP contribution is -2.14. The van der Waals surface area contributed by atoms with E-state index in [4.69, 9.17) is 21.3 Å². The minimum atomic E-state index is 0.625. The third-order valence-corrected chi connectivity index (χ3v) is 3.64. The number of hydrogen-bond acceptors (Lipinski definition) is 3. The summed E-state index contributed by atoms with van der Waals surface area (Å²) in [6, 6.07) is 4.08. The third-order valence-electron chi connectivity index (χ3n) is 3.35. The molecule has 18 heavy (non-hydrogen) atoms. The molecular formula is C14H15ClN2O. The molecule has 0 atom stereocenters. The lowest BCUT2D eigenvalue weighted by molar-refractivity contribution is 0.110. The van der Waals surface area contributed by atoms with Crippen LogP contribution < -0.4 is 5.32 Å². The van der Waals surface area contributed by atoms with Crippen LogP contribution in [0.15, 0.2) is 12.1 Å². The molecule has 0 radical (unpaired) electrons. The SMILES string of the molecule is CNc1c2c(nc3c(Cl)cc(C)cc13)CCOC2. The summed E-state index contributed by atoms with van der Waals surface area (Å²) in [5.41, 5.74) is 5.39. The van der Waals surface area contributed by atoms with Crippen molar-refractivity contribution in [3.63, 3.8) is 0 Å². The van der Waals surface area contributed by atoms with Crippen molar-refractivity contribution in [2.24, 2.45) is 0 Å². The zero-order chi connectivity index (χ0) is 12.7. The van der Waals surface area contributed by atoms with Gasteiger partial charge in [0.1, 0.15) is 0 Å². The number of fused-ring (bicyclic) bond motifs is 2. The molecule has 0 unspecified atom stereocenters. The highest BCUT2D eigenvalue weighted by molar-refractivity contribution is 6.35. The van der Waals surface area contributed by atoms with Crippen molar-refractivity contribution in [2.45, 2.75) is 20.0 Å². The number of nitrogens with zero attached hydrogens (tertiary/aromatic N) is 1. The fraction of sp³-hybridized carbons (Fsp3) is 0.357. The van der Waals surface area contributed by atoms with E-state index in [1.807, 2.05) is 20.0 Å². The monoisotopic (exact) mass is 262 g/mol. The topological polar surface area (TPSA) is 34.2 Å². The smallest absolute Gasteiger partial charge is 0.0912 e. The number of benzene rings is 1. The Morgan fingerprint density at radius 1 is 1.39 bits per heavy atom. The number of nitrogens with one attached hydrogen (secondary N) is 1. The predicted molar refractivity (Wildman–Crippen MR) is 74.4 cm³/mol. The second-order valence-electron chi connectivity index (χ2n) is 4.61. The molecule has 0 saturated heterocycles. The highest BCUT2D eigenvalue weighted by Gasteiger charge is 2.19. The normalized spacial score (nSPS) is 14.6. The van der Waals surface area contributed by atoms with Crippen LogP contribution in [-0.2, 0) is 17.8 Å². The Morgan fingerprint density at radius 2 is 2.22 bits per heavy atom. The Balaban J connectivity index is 2.40. The van der Waals surface area contributed by atoms with Gasteiger partial charge in [-0.05, 0) is 24.6 Å². The van der Waals surface area contributed by atoms with E-state index >= 15 is 0 Å². The first-order valence-electron chi connectivity index (χ1n) is 6.08. The van der Waals surface area contributed by atoms with Crippen LogP contribution in [0.1, 0.15) is 16.8 Å². The number of rotatable bonds is 1. The molecular weight excluding hydrogens is 248 g/mol. The van der Waals surface area contributed by atoms with Gasteiger partial charge >= 0.3 is 0 Å². The number of aryl methyl sites for hydroxylation is 1. The second-order valence-corrected chi connectivity index (χ2v) is 5.01. The van der Waals surface area contributed by atoms with Crippen LogP contribution >= 0.6 is 11.6 Å². The molecule has 2 heterocycles. The maximum atomic E-state index is 6.31. The molecule has 3 rings (SSSR count). The van der Waals surface area contributed by atoms with Crippen molar-refractivity contribution in [3.05, 3.63) is 34.0 Å². The number of ether oxygens (including phenoxy) is 1. The molecule has 94 valence electrons. The summed E-state index contributed by atoms with van der Waals surface area (Å²) < 4.78 is 5.53. The number of aromatic nitrogens is 1. The average molecular weight is 263 g/mol. The molecule has 4 heteroatoms. The van der Waals surface area contributed by atoms with E-state index in [9.17, 15) is 0 Å². The maximum Gasteiger partial charge on any atom is 0.0912 e. The Hall–Kier alpha value is -1.32. The minimum Gasteiger partial charge on any atom is -0.387 e. The van der Waals surface area contributed by atoms with Gasteiger partial charge in [-0.2, -0.15) is 0 Å². The summed E-state index contributed by atoms with van der Waals surface area (Å²) >= 11 is 6.31. The lowest BCUT2D eigenvalue weighted by Gasteiger charge is -2.21. The molecule has 1 aromatic carbocycles. The van der Waals surface area contributed by atoms with Crippen LogP contribution in [0.3, 0.4) is 0 Å². The third kappa shape index (κ3) is 1.74. The van der Waals surface area contributed by atoms with Gasteiger partial charge in [-0.15, -0.1) is 0 Å². The summed E-state index contributed by atoms with van der Waals surface area (Å²) in [5.74, 6) is 0. The minimum absolute atomic E-state index is 0.625. The van der Waals surface area contributed by atoms with Crippen molar-refractivity contribution in [3.8, 4) is 0 Å². The first kappa shape index (κ1) is 11.8. The fourth-order valence-electron chi connectivity index (χ4n) is 2.54. The summed E-state index contributed by atoms with van der Waals surface area (Å²) in [7, 11) is 1.93. The molecule has 1 aliphatic heterocycles. The molecule has 1 N–H and O–H groups in total.